The first kappa shape index (κ1) is 37.3. The van der Waals surface area contributed by atoms with Gasteiger partial charge in [-0.2, -0.15) is 0 Å². The Balaban J connectivity index is 1.24. The molecule has 50 heavy (non-hydrogen) atoms. The summed E-state index contributed by atoms with van der Waals surface area (Å²) >= 11 is 0. The molecule has 4 amide bonds. The zero-order valence-electron chi connectivity index (χ0n) is 31.3. The van der Waals surface area contributed by atoms with Crippen LogP contribution in [0.1, 0.15) is 89.9 Å². The van der Waals surface area contributed by atoms with Crippen molar-refractivity contribution in [2.24, 2.45) is 11.8 Å². The van der Waals surface area contributed by atoms with Gasteiger partial charge in [-0.05, 0) is 144 Å². The van der Waals surface area contributed by atoms with E-state index in [2.05, 4.69) is 42.4 Å². The highest BCUT2D eigenvalue weighted by Crippen LogP contribution is 2.32. The van der Waals surface area contributed by atoms with Gasteiger partial charge in [0.1, 0.15) is 0 Å². The van der Waals surface area contributed by atoms with Gasteiger partial charge in [-0.3, -0.25) is 0 Å². The normalized spacial score (nSPS) is 19.1. The fourth-order valence-corrected chi connectivity index (χ4v) is 7.82. The van der Waals surface area contributed by atoms with E-state index in [0.717, 1.165) is 113 Å². The lowest BCUT2D eigenvalue weighted by molar-refractivity contribution is 0.155. The molecule has 0 aliphatic heterocycles. The van der Waals surface area contributed by atoms with Gasteiger partial charge >= 0.3 is 12.1 Å². The summed E-state index contributed by atoms with van der Waals surface area (Å²) in [7, 11) is 8.10. The van der Waals surface area contributed by atoms with Crippen LogP contribution in [0.4, 0.5) is 32.3 Å². The predicted octanol–water partition coefficient (Wildman–Crippen LogP) is 9.77. The Hall–Kier alpha value is -3.94. The molecule has 2 aromatic rings. The molecule has 0 radical (unpaired) electrons. The molecule has 3 aliphatic carbocycles. The number of amides is 4. The van der Waals surface area contributed by atoms with Crippen LogP contribution in [0.5, 0.6) is 0 Å². The number of rotatable bonds is 14. The lowest BCUT2D eigenvalue weighted by Crippen LogP contribution is -2.43. The summed E-state index contributed by atoms with van der Waals surface area (Å²) in [5, 5.41) is 6.41. The molecule has 8 heteroatoms. The van der Waals surface area contributed by atoms with E-state index in [-0.39, 0.29) is 12.1 Å². The number of anilines is 4. The SMILES string of the molecule is CN(C)c1ccc(NC(=O)N(CCC2=CCCCC2)CC2CCCC(CN(CCC3=CCCCC3)C(=O)Nc3ccc(N(C)C)cc3)C2)cc1. The summed E-state index contributed by atoms with van der Waals surface area (Å²) < 4.78 is 0. The van der Waals surface area contributed by atoms with Crippen LogP contribution in [-0.4, -0.2) is 76.2 Å². The van der Waals surface area contributed by atoms with Gasteiger partial charge in [0.25, 0.3) is 0 Å². The molecule has 2 N–H and O–H groups in total. The van der Waals surface area contributed by atoms with Gasteiger partial charge in [0.2, 0.25) is 0 Å². The topological polar surface area (TPSA) is 71.2 Å². The van der Waals surface area contributed by atoms with Gasteiger partial charge in [-0.1, -0.05) is 29.7 Å². The summed E-state index contributed by atoms with van der Waals surface area (Å²) in [6.07, 6.45) is 20.8. The van der Waals surface area contributed by atoms with E-state index in [0.29, 0.717) is 11.8 Å². The van der Waals surface area contributed by atoms with E-state index in [1.54, 1.807) is 0 Å². The third-order valence-electron chi connectivity index (χ3n) is 10.9. The van der Waals surface area contributed by atoms with Crippen LogP contribution < -0.4 is 20.4 Å². The lowest BCUT2D eigenvalue weighted by Gasteiger charge is -2.36. The van der Waals surface area contributed by atoms with E-state index in [1.807, 2.05) is 76.7 Å². The first-order chi connectivity index (χ1) is 24.2. The van der Waals surface area contributed by atoms with Crippen molar-refractivity contribution in [2.45, 2.75) is 89.9 Å². The molecule has 2 aromatic carbocycles. The van der Waals surface area contributed by atoms with Crippen molar-refractivity contribution in [2.75, 3.05) is 74.8 Å². The summed E-state index contributed by atoms with van der Waals surface area (Å²) in [5.41, 5.74) is 6.87. The average molecular weight is 683 g/mol. The van der Waals surface area contributed by atoms with Crippen LogP contribution in [0.15, 0.2) is 71.8 Å². The third kappa shape index (κ3) is 11.6. The number of nitrogens with zero attached hydrogens (tertiary/aromatic N) is 4. The highest BCUT2D eigenvalue weighted by molar-refractivity contribution is 5.90. The largest absolute Gasteiger partial charge is 0.378 e. The molecule has 8 nitrogen and oxygen atoms in total. The summed E-state index contributed by atoms with van der Waals surface area (Å²) in [6, 6.07) is 16.1. The molecule has 0 aromatic heterocycles. The second-order valence-corrected chi connectivity index (χ2v) is 15.2. The van der Waals surface area contributed by atoms with Crippen LogP contribution in [0, 0.1) is 11.8 Å². The number of nitrogens with one attached hydrogen (secondary N) is 2. The van der Waals surface area contributed by atoms with Gasteiger partial charge in [0, 0.05) is 77.1 Å². The molecule has 5 rings (SSSR count). The number of carbonyl (C=O) groups excluding carboxylic acids is 2. The molecule has 0 bridgehead atoms. The summed E-state index contributed by atoms with van der Waals surface area (Å²) in [6.45, 7) is 2.99. The summed E-state index contributed by atoms with van der Waals surface area (Å²) in [4.78, 5) is 35.9. The second kappa shape index (κ2) is 18.9. The Kier molecular flexibility index (Phi) is 14.1. The van der Waals surface area contributed by atoms with Crippen molar-refractivity contribution in [3.63, 3.8) is 0 Å². The Morgan fingerprint density at radius 1 is 0.600 bits per heavy atom. The van der Waals surface area contributed by atoms with E-state index >= 15 is 0 Å². The fourth-order valence-electron chi connectivity index (χ4n) is 7.82. The van der Waals surface area contributed by atoms with E-state index in [4.69, 9.17) is 0 Å². The Morgan fingerprint density at radius 3 is 1.38 bits per heavy atom. The van der Waals surface area contributed by atoms with Crippen molar-refractivity contribution >= 4 is 34.8 Å². The van der Waals surface area contributed by atoms with Crippen molar-refractivity contribution in [3.8, 4) is 0 Å². The van der Waals surface area contributed by atoms with Crippen LogP contribution >= 0.6 is 0 Å². The molecule has 2 atom stereocenters. The highest BCUT2D eigenvalue weighted by Gasteiger charge is 2.29. The molecular weight excluding hydrogens is 621 g/mol. The smallest absolute Gasteiger partial charge is 0.321 e. The standard InChI is InChI=1S/C42H62N6O2/c1-45(2)39-22-18-37(19-23-39)43-41(49)47(28-26-33-12-7-5-8-13-33)31-35-16-11-17-36(30-35)32-48(29-27-34-14-9-6-10-15-34)42(50)44-38-20-24-40(25-21-38)46(3)4/h12,14,18-25,35-36H,5-11,13,15-17,26-32H2,1-4H3,(H,43,49)(H,44,50). The quantitative estimate of drug-likeness (QED) is 0.195. The Labute approximate surface area is 302 Å². The fraction of sp³-hybridized carbons (Fsp3) is 0.571. The maximum Gasteiger partial charge on any atom is 0.321 e. The van der Waals surface area contributed by atoms with Gasteiger partial charge in [-0.15, -0.1) is 0 Å². The van der Waals surface area contributed by atoms with Crippen molar-refractivity contribution in [1.29, 1.82) is 0 Å². The molecular formula is C42H62N6O2. The molecule has 3 aliphatic rings. The minimum Gasteiger partial charge on any atom is -0.378 e. The minimum atomic E-state index is -0.0109. The molecule has 1 fully saturated rings. The Bertz CT molecular complexity index is 1320. The van der Waals surface area contributed by atoms with Gasteiger partial charge in [-0.25, -0.2) is 9.59 Å². The van der Waals surface area contributed by atoms with Gasteiger partial charge < -0.3 is 30.2 Å². The first-order valence-electron chi connectivity index (χ1n) is 19.3. The zero-order valence-corrected chi connectivity index (χ0v) is 31.3. The maximum absolute atomic E-state index is 13.8. The number of carbonyl (C=O) groups is 2. The van der Waals surface area contributed by atoms with Crippen molar-refractivity contribution in [3.05, 3.63) is 71.8 Å². The van der Waals surface area contributed by atoms with E-state index in [1.165, 1.54) is 36.8 Å². The molecule has 272 valence electrons. The number of hydrogen-bond donors (Lipinski definition) is 2. The van der Waals surface area contributed by atoms with Gasteiger partial charge in [0.05, 0.1) is 0 Å². The number of urea groups is 2. The van der Waals surface area contributed by atoms with E-state index in [9.17, 15) is 9.59 Å². The third-order valence-corrected chi connectivity index (χ3v) is 10.9. The molecule has 0 saturated heterocycles. The van der Waals surface area contributed by atoms with Gasteiger partial charge in [0.15, 0.2) is 0 Å². The molecule has 1 saturated carbocycles. The lowest BCUT2D eigenvalue weighted by atomic mass is 9.80. The number of benzene rings is 2. The molecule has 0 spiro atoms. The number of hydrogen-bond acceptors (Lipinski definition) is 4. The van der Waals surface area contributed by atoms with Crippen LogP contribution in [0.3, 0.4) is 0 Å². The molecule has 2 unspecified atom stereocenters. The van der Waals surface area contributed by atoms with E-state index < -0.39 is 0 Å². The van der Waals surface area contributed by atoms with Crippen LogP contribution in [-0.2, 0) is 0 Å². The van der Waals surface area contributed by atoms with Crippen LogP contribution in [0.25, 0.3) is 0 Å². The maximum atomic E-state index is 13.8. The van der Waals surface area contributed by atoms with Crippen LogP contribution in [0.2, 0.25) is 0 Å². The zero-order chi connectivity index (χ0) is 35.3. The highest BCUT2D eigenvalue weighted by atomic mass is 16.2. The van der Waals surface area contributed by atoms with Crippen molar-refractivity contribution < 1.29 is 9.59 Å². The van der Waals surface area contributed by atoms with Crippen molar-refractivity contribution in [1.82, 2.24) is 9.80 Å². The predicted molar refractivity (Wildman–Crippen MR) is 211 cm³/mol. The second-order valence-electron chi connectivity index (χ2n) is 15.2. The monoisotopic (exact) mass is 682 g/mol. The average Bonchev–Trinajstić information content (AvgIpc) is 3.13. The Morgan fingerprint density at radius 2 is 1.02 bits per heavy atom. The first-order valence-corrected chi connectivity index (χ1v) is 19.3. The number of allylic oxidation sites excluding steroid dienone is 2. The summed E-state index contributed by atoms with van der Waals surface area (Å²) in [5.74, 6) is 0.834. The minimum absolute atomic E-state index is 0.0109. The molecule has 0 heterocycles.